The third kappa shape index (κ3) is 4.81. The van der Waals surface area contributed by atoms with Crippen molar-refractivity contribution in [3.63, 3.8) is 0 Å². The van der Waals surface area contributed by atoms with Gasteiger partial charge in [0.15, 0.2) is 11.0 Å². The molecule has 0 amide bonds. The summed E-state index contributed by atoms with van der Waals surface area (Å²) in [6, 6.07) is 16.4. The summed E-state index contributed by atoms with van der Waals surface area (Å²) in [5.74, 6) is 1.44. The van der Waals surface area contributed by atoms with Crippen LogP contribution in [-0.4, -0.2) is 33.1 Å². The second kappa shape index (κ2) is 9.55. The van der Waals surface area contributed by atoms with Crippen molar-refractivity contribution in [2.45, 2.75) is 38.8 Å². The molecule has 0 saturated carbocycles. The molecule has 0 aliphatic carbocycles. The first-order chi connectivity index (χ1) is 13.6. The third-order valence-corrected chi connectivity index (χ3v) is 5.49. The zero-order valence-electron chi connectivity index (χ0n) is 16.5. The number of hydrogen-bond acceptors (Lipinski definition) is 5. The van der Waals surface area contributed by atoms with Crippen LogP contribution in [0.3, 0.4) is 0 Å². The average Bonchev–Trinajstić information content (AvgIpc) is 3.12. The van der Waals surface area contributed by atoms with Gasteiger partial charge in [0.2, 0.25) is 0 Å². The van der Waals surface area contributed by atoms with Crippen LogP contribution in [0.15, 0.2) is 53.7 Å². The minimum Gasteiger partial charge on any atom is -0.466 e. The Kier molecular flexibility index (Phi) is 6.87. The Bertz CT molecular complexity index is 938. The minimum absolute atomic E-state index is 0.149. The summed E-state index contributed by atoms with van der Waals surface area (Å²) in [6.45, 7) is 6.46. The number of hydrogen-bond donors (Lipinski definition) is 0. The number of thioether (sulfide) groups is 1. The van der Waals surface area contributed by atoms with Crippen molar-refractivity contribution in [2.75, 3.05) is 12.4 Å². The maximum atomic E-state index is 11.5. The first-order valence-electron chi connectivity index (χ1n) is 9.47. The van der Waals surface area contributed by atoms with Gasteiger partial charge in [-0.15, -0.1) is 10.2 Å². The maximum Gasteiger partial charge on any atom is 0.305 e. The van der Waals surface area contributed by atoms with E-state index in [-0.39, 0.29) is 5.97 Å². The molecule has 28 heavy (non-hydrogen) atoms. The molecule has 0 fully saturated rings. The molecular formula is C22H25N3O2S. The van der Waals surface area contributed by atoms with Gasteiger partial charge in [-0.3, -0.25) is 9.36 Å². The standard InChI is InChI=1S/C22H25N3O2S/c1-4-27-20(26)11-8-14-28-22-24-23-21(18-9-6-5-7-10-18)25(22)19-13-12-16(2)17(3)15-19/h5-7,9-10,12-13,15H,4,8,11,14H2,1-3H3. The highest BCUT2D eigenvalue weighted by Gasteiger charge is 2.16. The van der Waals surface area contributed by atoms with Crippen LogP contribution in [0.1, 0.15) is 30.9 Å². The van der Waals surface area contributed by atoms with E-state index in [9.17, 15) is 4.79 Å². The monoisotopic (exact) mass is 395 g/mol. The summed E-state index contributed by atoms with van der Waals surface area (Å²) in [5.41, 5.74) is 4.54. The van der Waals surface area contributed by atoms with Crippen LogP contribution in [0.2, 0.25) is 0 Å². The van der Waals surface area contributed by atoms with E-state index in [0.29, 0.717) is 13.0 Å². The number of carbonyl (C=O) groups is 1. The summed E-state index contributed by atoms with van der Waals surface area (Å²) in [4.78, 5) is 11.5. The Morgan fingerprint density at radius 3 is 2.57 bits per heavy atom. The van der Waals surface area contributed by atoms with Crippen molar-refractivity contribution < 1.29 is 9.53 Å². The number of rotatable bonds is 8. The molecule has 0 atom stereocenters. The molecule has 6 heteroatoms. The van der Waals surface area contributed by atoms with Gasteiger partial charge in [0, 0.05) is 17.7 Å². The minimum atomic E-state index is -0.149. The Morgan fingerprint density at radius 2 is 1.86 bits per heavy atom. The van der Waals surface area contributed by atoms with E-state index in [2.05, 4.69) is 46.8 Å². The molecule has 0 aliphatic rings. The molecule has 0 spiro atoms. The lowest BCUT2D eigenvalue weighted by Crippen LogP contribution is -2.04. The molecule has 5 nitrogen and oxygen atoms in total. The van der Waals surface area contributed by atoms with Gasteiger partial charge in [0.05, 0.1) is 12.3 Å². The van der Waals surface area contributed by atoms with Crippen molar-refractivity contribution in [1.82, 2.24) is 14.8 Å². The van der Waals surface area contributed by atoms with E-state index in [1.807, 2.05) is 37.3 Å². The zero-order chi connectivity index (χ0) is 19.9. The molecular weight excluding hydrogens is 370 g/mol. The topological polar surface area (TPSA) is 57.0 Å². The van der Waals surface area contributed by atoms with Gasteiger partial charge >= 0.3 is 5.97 Å². The summed E-state index contributed by atoms with van der Waals surface area (Å²) < 4.78 is 7.09. The number of esters is 1. The Morgan fingerprint density at radius 1 is 1.07 bits per heavy atom. The van der Waals surface area contributed by atoms with Gasteiger partial charge in [-0.25, -0.2) is 0 Å². The molecule has 3 rings (SSSR count). The molecule has 2 aromatic carbocycles. The first-order valence-corrected chi connectivity index (χ1v) is 10.5. The van der Waals surface area contributed by atoms with Crippen molar-refractivity contribution >= 4 is 17.7 Å². The van der Waals surface area contributed by atoms with Crippen LogP contribution in [0.5, 0.6) is 0 Å². The number of aryl methyl sites for hydroxylation is 2. The van der Waals surface area contributed by atoms with Crippen molar-refractivity contribution in [1.29, 1.82) is 0 Å². The number of nitrogens with zero attached hydrogens (tertiary/aromatic N) is 3. The van der Waals surface area contributed by atoms with Crippen molar-refractivity contribution in [3.8, 4) is 17.1 Å². The smallest absolute Gasteiger partial charge is 0.305 e. The van der Waals surface area contributed by atoms with Gasteiger partial charge in [0.25, 0.3) is 0 Å². The second-order valence-corrected chi connectivity index (χ2v) is 7.60. The summed E-state index contributed by atoms with van der Waals surface area (Å²) in [5, 5.41) is 9.72. The Labute approximate surface area is 170 Å². The predicted molar refractivity (Wildman–Crippen MR) is 113 cm³/mol. The predicted octanol–water partition coefficient (Wildman–Crippen LogP) is 4.99. The highest BCUT2D eigenvalue weighted by molar-refractivity contribution is 7.99. The van der Waals surface area contributed by atoms with Crippen LogP contribution in [0.25, 0.3) is 17.1 Å². The SMILES string of the molecule is CCOC(=O)CCCSc1nnc(-c2ccccc2)n1-c1ccc(C)c(C)c1. The Hall–Kier alpha value is -2.60. The molecule has 0 N–H and O–H groups in total. The van der Waals surface area contributed by atoms with Crippen LogP contribution >= 0.6 is 11.8 Å². The van der Waals surface area contributed by atoms with Crippen LogP contribution in [0.4, 0.5) is 0 Å². The van der Waals surface area contributed by atoms with Crippen molar-refractivity contribution in [2.24, 2.45) is 0 Å². The summed E-state index contributed by atoms with van der Waals surface area (Å²) >= 11 is 1.61. The van der Waals surface area contributed by atoms with E-state index in [4.69, 9.17) is 4.74 Å². The van der Waals surface area contributed by atoms with Crippen LogP contribution in [-0.2, 0) is 9.53 Å². The number of carbonyl (C=O) groups excluding carboxylic acids is 1. The van der Waals surface area contributed by atoms with Crippen LogP contribution in [0, 0.1) is 13.8 Å². The first kappa shape index (κ1) is 20.1. The number of ether oxygens (including phenoxy) is 1. The average molecular weight is 396 g/mol. The largest absolute Gasteiger partial charge is 0.466 e. The molecule has 0 unspecified atom stereocenters. The van der Waals surface area contributed by atoms with E-state index >= 15 is 0 Å². The zero-order valence-corrected chi connectivity index (χ0v) is 17.3. The molecule has 0 saturated heterocycles. The fourth-order valence-corrected chi connectivity index (χ4v) is 3.74. The molecule has 1 heterocycles. The summed E-state index contributed by atoms with van der Waals surface area (Å²) in [6.07, 6.45) is 1.16. The fraction of sp³-hybridized carbons (Fsp3) is 0.318. The second-order valence-electron chi connectivity index (χ2n) is 6.53. The lowest BCUT2D eigenvalue weighted by molar-refractivity contribution is -0.143. The van der Waals surface area contributed by atoms with E-state index in [1.165, 1.54) is 11.1 Å². The van der Waals surface area contributed by atoms with Crippen LogP contribution < -0.4 is 0 Å². The Balaban J connectivity index is 1.87. The number of benzene rings is 2. The lowest BCUT2D eigenvalue weighted by atomic mass is 10.1. The van der Waals surface area contributed by atoms with Gasteiger partial charge in [-0.05, 0) is 50.5 Å². The third-order valence-electron chi connectivity index (χ3n) is 4.48. The highest BCUT2D eigenvalue weighted by atomic mass is 32.2. The maximum absolute atomic E-state index is 11.5. The molecule has 3 aromatic rings. The fourth-order valence-electron chi connectivity index (χ4n) is 2.85. The summed E-state index contributed by atoms with van der Waals surface area (Å²) in [7, 11) is 0. The van der Waals surface area contributed by atoms with E-state index < -0.39 is 0 Å². The van der Waals surface area contributed by atoms with Gasteiger partial charge in [0.1, 0.15) is 0 Å². The van der Waals surface area contributed by atoms with E-state index in [0.717, 1.165) is 34.4 Å². The molecule has 0 aliphatic heterocycles. The lowest BCUT2D eigenvalue weighted by Gasteiger charge is -2.12. The molecule has 0 bridgehead atoms. The van der Waals surface area contributed by atoms with Gasteiger partial charge < -0.3 is 4.74 Å². The number of aromatic nitrogens is 3. The quantitative estimate of drug-likeness (QED) is 0.306. The molecule has 1 aromatic heterocycles. The van der Waals surface area contributed by atoms with Gasteiger partial charge in [-0.1, -0.05) is 48.2 Å². The molecule has 0 radical (unpaired) electrons. The molecule has 146 valence electrons. The van der Waals surface area contributed by atoms with E-state index in [1.54, 1.807) is 11.8 Å². The highest BCUT2D eigenvalue weighted by Crippen LogP contribution is 2.29. The van der Waals surface area contributed by atoms with Gasteiger partial charge in [-0.2, -0.15) is 0 Å². The normalized spacial score (nSPS) is 10.8. The van der Waals surface area contributed by atoms with Crippen molar-refractivity contribution in [3.05, 3.63) is 59.7 Å².